The van der Waals surface area contributed by atoms with Gasteiger partial charge in [-0.25, -0.2) is 4.79 Å². The summed E-state index contributed by atoms with van der Waals surface area (Å²) < 4.78 is 0. The minimum atomic E-state index is -1.71. The second-order valence-electron chi connectivity index (χ2n) is 8.77. The molecule has 0 saturated heterocycles. The fourth-order valence-electron chi connectivity index (χ4n) is 3.28. The van der Waals surface area contributed by atoms with Crippen LogP contribution >= 0.6 is 0 Å². The molecular weight excluding hydrogens is 488 g/mol. The van der Waals surface area contributed by atoms with Gasteiger partial charge in [-0.15, -0.1) is 0 Å². The lowest BCUT2D eigenvalue weighted by atomic mass is 9.96. The predicted molar refractivity (Wildman–Crippen MR) is 136 cm³/mol. The highest BCUT2D eigenvalue weighted by Crippen LogP contribution is 2.11. The summed E-state index contributed by atoms with van der Waals surface area (Å²) in [5, 5.41) is 25.5. The molecule has 37 heavy (non-hydrogen) atoms. The molecule has 5 unspecified atom stereocenters. The van der Waals surface area contributed by atoms with Gasteiger partial charge >= 0.3 is 11.9 Å². The lowest BCUT2D eigenvalue weighted by Gasteiger charge is -2.28. The number of unbranched alkanes of at least 4 members (excludes halogenated alkanes) is 1. The SMILES string of the molecule is CCC(C)C(NC(=O)C(N)CCCCN)C(=O)NC(CCCN=C(N)N)C(=O)NC(CC(=O)O)C(=O)O. The molecule has 15 heteroatoms. The molecule has 0 heterocycles. The molecule has 0 aromatic rings. The number of nitrogens with zero attached hydrogens (tertiary/aromatic N) is 1. The third kappa shape index (κ3) is 14.0. The number of hydrogen-bond acceptors (Lipinski definition) is 8. The highest BCUT2D eigenvalue weighted by atomic mass is 16.4. The van der Waals surface area contributed by atoms with Crippen molar-refractivity contribution < 1.29 is 34.2 Å². The van der Waals surface area contributed by atoms with Crippen molar-refractivity contribution in [3.63, 3.8) is 0 Å². The van der Waals surface area contributed by atoms with E-state index in [-0.39, 0.29) is 31.3 Å². The van der Waals surface area contributed by atoms with Gasteiger partial charge in [0.15, 0.2) is 5.96 Å². The molecule has 0 aliphatic carbocycles. The topological polar surface area (TPSA) is 278 Å². The van der Waals surface area contributed by atoms with Crippen molar-refractivity contribution in [1.82, 2.24) is 16.0 Å². The molecule has 0 spiro atoms. The summed E-state index contributed by atoms with van der Waals surface area (Å²) in [6.07, 6.45) is 1.63. The zero-order chi connectivity index (χ0) is 28.5. The molecule has 0 aromatic carbocycles. The predicted octanol–water partition coefficient (Wildman–Crippen LogP) is -2.44. The lowest BCUT2D eigenvalue weighted by Crippen LogP contribution is -2.58. The van der Waals surface area contributed by atoms with Crippen LogP contribution in [0.25, 0.3) is 0 Å². The van der Waals surface area contributed by atoms with E-state index >= 15 is 0 Å². The van der Waals surface area contributed by atoms with Gasteiger partial charge in [-0.2, -0.15) is 0 Å². The van der Waals surface area contributed by atoms with Crippen molar-refractivity contribution in [1.29, 1.82) is 0 Å². The number of nitrogens with one attached hydrogen (secondary N) is 3. The summed E-state index contributed by atoms with van der Waals surface area (Å²) in [6, 6.07) is -4.84. The fourth-order valence-corrected chi connectivity index (χ4v) is 3.28. The van der Waals surface area contributed by atoms with Gasteiger partial charge in [-0.3, -0.25) is 24.2 Å². The van der Waals surface area contributed by atoms with Crippen LogP contribution in [0.5, 0.6) is 0 Å². The second-order valence-corrected chi connectivity index (χ2v) is 8.77. The Bertz CT molecular complexity index is 804. The van der Waals surface area contributed by atoms with Crippen molar-refractivity contribution >= 4 is 35.6 Å². The van der Waals surface area contributed by atoms with Crippen LogP contribution in [-0.4, -0.2) is 83.1 Å². The Balaban J connectivity index is 5.64. The monoisotopic (exact) mass is 530 g/mol. The zero-order valence-electron chi connectivity index (χ0n) is 21.4. The van der Waals surface area contributed by atoms with Crippen LogP contribution in [0.4, 0.5) is 0 Å². The first-order chi connectivity index (χ1) is 17.3. The van der Waals surface area contributed by atoms with Gasteiger partial charge in [0.1, 0.15) is 18.1 Å². The van der Waals surface area contributed by atoms with E-state index in [0.717, 1.165) is 0 Å². The number of nitrogens with two attached hydrogens (primary N) is 4. The maximum absolute atomic E-state index is 13.2. The number of amides is 3. The first kappa shape index (κ1) is 33.5. The standard InChI is InChI=1S/C22H42N8O7/c1-3-12(2)17(30-18(33)13(24)7-4-5-9-23)20(35)28-14(8-6-10-27-22(25)26)19(34)29-15(21(36)37)11-16(31)32/h12-15,17H,3-11,23-24H2,1-2H3,(H,28,35)(H,29,34)(H,30,33)(H,31,32)(H,36,37)(H4,25,26,27). The van der Waals surface area contributed by atoms with Crippen molar-refractivity contribution in [3.05, 3.63) is 0 Å². The average molecular weight is 531 g/mol. The van der Waals surface area contributed by atoms with Crippen LogP contribution in [0.2, 0.25) is 0 Å². The molecule has 0 saturated carbocycles. The van der Waals surface area contributed by atoms with E-state index < -0.39 is 60.2 Å². The number of carbonyl (C=O) groups is 5. The molecule has 0 radical (unpaired) electrons. The Morgan fingerprint density at radius 3 is 2.00 bits per heavy atom. The van der Waals surface area contributed by atoms with Gasteiger partial charge in [-0.05, 0) is 38.1 Å². The molecule has 212 valence electrons. The summed E-state index contributed by atoms with van der Waals surface area (Å²) in [5.41, 5.74) is 22.0. The number of carboxylic acid groups (broad SMARTS) is 2. The Morgan fingerprint density at radius 2 is 1.49 bits per heavy atom. The number of aliphatic imine (C=N–C) groups is 1. The van der Waals surface area contributed by atoms with E-state index in [0.29, 0.717) is 32.2 Å². The number of guanidine groups is 1. The van der Waals surface area contributed by atoms with Gasteiger partial charge in [0.25, 0.3) is 0 Å². The average Bonchev–Trinajstić information content (AvgIpc) is 2.82. The minimum Gasteiger partial charge on any atom is -0.481 e. The number of hydrogen-bond donors (Lipinski definition) is 9. The molecule has 0 fully saturated rings. The van der Waals surface area contributed by atoms with Gasteiger partial charge < -0.3 is 49.1 Å². The van der Waals surface area contributed by atoms with Crippen LogP contribution in [-0.2, 0) is 24.0 Å². The van der Waals surface area contributed by atoms with Gasteiger partial charge in [0.05, 0.1) is 12.5 Å². The van der Waals surface area contributed by atoms with E-state index in [1.54, 1.807) is 6.92 Å². The summed E-state index contributed by atoms with van der Waals surface area (Å²) in [4.78, 5) is 64.8. The van der Waals surface area contributed by atoms with Gasteiger partial charge in [0.2, 0.25) is 17.7 Å². The highest BCUT2D eigenvalue weighted by molar-refractivity contribution is 5.94. The maximum atomic E-state index is 13.2. The Morgan fingerprint density at radius 1 is 0.865 bits per heavy atom. The third-order valence-corrected chi connectivity index (χ3v) is 5.67. The maximum Gasteiger partial charge on any atom is 0.326 e. The molecule has 0 rings (SSSR count). The quantitative estimate of drug-likeness (QED) is 0.0480. The van der Waals surface area contributed by atoms with Crippen LogP contribution < -0.4 is 38.9 Å². The third-order valence-electron chi connectivity index (χ3n) is 5.67. The van der Waals surface area contributed by atoms with Gasteiger partial charge in [-0.1, -0.05) is 26.7 Å². The highest BCUT2D eigenvalue weighted by Gasteiger charge is 2.32. The first-order valence-electron chi connectivity index (χ1n) is 12.2. The van der Waals surface area contributed by atoms with E-state index in [4.69, 9.17) is 28.0 Å². The van der Waals surface area contributed by atoms with Crippen LogP contribution in [0, 0.1) is 5.92 Å². The van der Waals surface area contributed by atoms with Crippen LogP contribution in [0.15, 0.2) is 4.99 Å². The molecular formula is C22H42N8O7. The summed E-state index contributed by atoms with van der Waals surface area (Å²) in [7, 11) is 0. The number of aliphatic carboxylic acids is 2. The van der Waals surface area contributed by atoms with E-state index in [1.807, 2.05) is 6.92 Å². The largest absolute Gasteiger partial charge is 0.481 e. The molecule has 0 bridgehead atoms. The normalized spacial score (nSPS) is 14.8. The first-order valence-corrected chi connectivity index (χ1v) is 12.2. The summed E-state index contributed by atoms with van der Waals surface area (Å²) in [6.45, 7) is 4.16. The zero-order valence-corrected chi connectivity index (χ0v) is 21.4. The van der Waals surface area contributed by atoms with E-state index in [1.165, 1.54) is 0 Å². The van der Waals surface area contributed by atoms with Crippen molar-refractivity contribution in [2.75, 3.05) is 13.1 Å². The molecule has 0 aromatic heterocycles. The second kappa shape index (κ2) is 17.9. The molecule has 15 nitrogen and oxygen atoms in total. The molecule has 3 amide bonds. The molecule has 5 atom stereocenters. The lowest BCUT2D eigenvalue weighted by molar-refractivity contribution is -0.147. The smallest absolute Gasteiger partial charge is 0.326 e. The Labute approximate surface area is 216 Å². The number of carbonyl (C=O) groups excluding carboxylic acids is 3. The molecule has 0 aliphatic heterocycles. The Hall–Kier alpha value is -3.46. The number of carboxylic acids is 2. The van der Waals surface area contributed by atoms with Crippen LogP contribution in [0.3, 0.4) is 0 Å². The summed E-state index contributed by atoms with van der Waals surface area (Å²) in [5.74, 6) is -5.58. The Kier molecular flexibility index (Phi) is 16.2. The van der Waals surface area contributed by atoms with E-state index in [9.17, 15) is 29.1 Å². The number of rotatable bonds is 19. The minimum absolute atomic E-state index is 0.00748. The van der Waals surface area contributed by atoms with Gasteiger partial charge in [0, 0.05) is 6.54 Å². The molecule has 13 N–H and O–H groups in total. The molecule has 0 aliphatic rings. The van der Waals surface area contributed by atoms with Crippen LogP contribution in [0.1, 0.15) is 58.8 Å². The summed E-state index contributed by atoms with van der Waals surface area (Å²) >= 11 is 0. The van der Waals surface area contributed by atoms with Crippen molar-refractivity contribution in [2.24, 2.45) is 33.8 Å². The fraction of sp³-hybridized carbons (Fsp3) is 0.727. The van der Waals surface area contributed by atoms with Crippen molar-refractivity contribution in [2.45, 2.75) is 83.0 Å². The van der Waals surface area contributed by atoms with Crippen molar-refractivity contribution in [3.8, 4) is 0 Å². The van der Waals surface area contributed by atoms with E-state index in [2.05, 4.69) is 20.9 Å².